The Hall–Kier alpha value is -2.31. The summed E-state index contributed by atoms with van der Waals surface area (Å²) >= 11 is 0. The van der Waals surface area contributed by atoms with Crippen molar-refractivity contribution in [3.05, 3.63) is 47.6 Å². The first-order chi connectivity index (χ1) is 8.19. The normalized spacial score (nSPS) is 11.2. The Bertz CT molecular complexity index is 504. The van der Waals surface area contributed by atoms with E-state index in [-0.39, 0.29) is 11.5 Å². The van der Waals surface area contributed by atoms with E-state index in [9.17, 15) is 4.79 Å². The molecule has 0 saturated heterocycles. The molecule has 0 aliphatic carbocycles. The molecule has 0 atom stereocenters. The number of benzene rings is 1. The van der Waals surface area contributed by atoms with Gasteiger partial charge in [0.2, 0.25) is 0 Å². The van der Waals surface area contributed by atoms with Crippen molar-refractivity contribution in [1.29, 1.82) is 0 Å². The SMILES string of the molecule is C#C/C=C(\C)C(=O)/C=C/c1ccccc1OO. The van der Waals surface area contributed by atoms with E-state index in [1.165, 1.54) is 12.2 Å². The van der Waals surface area contributed by atoms with Crippen molar-refractivity contribution in [1.82, 2.24) is 0 Å². The van der Waals surface area contributed by atoms with Gasteiger partial charge in [-0.15, -0.1) is 6.42 Å². The van der Waals surface area contributed by atoms with Crippen molar-refractivity contribution in [2.45, 2.75) is 6.92 Å². The fraction of sp³-hybridized carbons (Fsp3) is 0.0714. The Balaban J connectivity index is 2.88. The third kappa shape index (κ3) is 3.63. The molecule has 1 rings (SSSR count). The Morgan fingerprint density at radius 3 is 2.82 bits per heavy atom. The molecule has 0 bridgehead atoms. The maximum Gasteiger partial charge on any atom is 0.182 e. The summed E-state index contributed by atoms with van der Waals surface area (Å²) in [6.45, 7) is 1.64. The molecule has 0 spiro atoms. The van der Waals surface area contributed by atoms with Crippen LogP contribution in [-0.4, -0.2) is 11.0 Å². The Morgan fingerprint density at radius 1 is 1.47 bits per heavy atom. The number of allylic oxidation sites excluding steroid dienone is 3. The highest BCUT2D eigenvalue weighted by molar-refractivity contribution is 6.06. The first-order valence-electron chi connectivity index (χ1n) is 4.94. The maximum absolute atomic E-state index is 11.6. The highest BCUT2D eigenvalue weighted by atomic mass is 17.1. The summed E-state index contributed by atoms with van der Waals surface area (Å²) in [6, 6.07) is 6.80. The molecule has 0 aromatic heterocycles. The second-order valence-corrected chi connectivity index (χ2v) is 3.32. The summed E-state index contributed by atoms with van der Waals surface area (Å²) in [6.07, 6.45) is 9.40. The van der Waals surface area contributed by atoms with Gasteiger partial charge in [0.25, 0.3) is 0 Å². The van der Waals surface area contributed by atoms with E-state index in [0.717, 1.165) is 0 Å². The first kappa shape index (κ1) is 12.8. The molecule has 0 aliphatic heterocycles. The summed E-state index contributed by atoms with van der Waals surface area (Å²) in [7, 11) is 0. The third-order valence-electron chi connectivity index (χ3n) is 2.12. The predicted molar refractivity (Wildman–Crippen MR) is 66.3 cm³/mol. The molecule has 1 aromatic carbocycles. The molecule has 3 nitrogen and oxygen atoms in total. The van der Waals surface area contributed by atoms with Crippen LogP contribution in [0, 0.1) is 12.3 Å². The molecule has 1 N–H and O–H groups in total. The van der Waals surface area contributed by atoms with Crippen molar-refractivity contribution in [3.63, 3.8) is 0 Å². The number of carbonyl (C=O) groups is 1. The smallest absolute Gasteiger partial charge is 0.182 e. The van der Waals surface area contributed by atoms with Gasteiger partial charge in [-0.3, -0.25) is 4.79 Å². The predicted octanol–water partition coefficient (Wildman–Crippen LogP) is 2.70. The van der Waals surface area contributed by atoms with Gasteiger partial charge in [0.15, 0.2) is 11.5 Å². The van der Waals surface area contributed by atoms with E-state index in [4.69, 9.17) is 11.7 Å². The minimum absolute atomic E-state index is 0.185. The minimum Gasteiger partial charge on any atom is -0.340 e. The van der Waals surface area contributed by atoms with Crippen LogP contribution in [0.15, 0.2) is 42.0 Å². The number of terminal acetylenes is 1. The summed E-state index contributed by atoms with van der Waals surface area (Å²) in [4.78, 5) is 15.7. The number of hydrogen-bond donors (Lipinski definition) is 1. The van der Waals surface area contributed by atoms with Gasteiger partial charge in [-0.05, 0) is 31.2 Å². The lowest BCUT2D eigenvalue weighted by Crippen LogP contribution is -1.94. The zero-order valence-electron chi connectivity index (χ0n) is 9.38. The third-order valence-corrected chi connectivity index (χ3v) is 2.12. The standard InChI is InChI=1S/C14H12O3/c1-3-6-11(2)13(15)10-9-12-7-4-5-8-14(12)17-16/h1,4-10,16H,2H3/b10-9+,11-6+. The maximum atomic E-state index is 11.6. The number of hydrogen-bond acceptors (Lipinski definition) is 3. The van der Waals surface area contributed by atoms with Gasteiger partial charge in [0.05, 0.1) is 0 Å². The minimum atomic E-state index is -0.185. The first-order valence-corrected chi connectivity index (χ1v) is 4.94. The van der Waals surface area contributed by atoms with E-state index in [1.807, 2.05) is 0 Å². The quantitative estimate of drug-likeness (QED) is 0.373. The van der Waals surface area contributed by atoms with E-state index in [0.29, 0.717) is 11.1 Å². The molecule has 0 fully saturated rings. The van der Waals surface area contributed by atoms with Crippen LogP contribution in [0.3, 0.4) is 0 Å². The lowest BCUT2D eigenvalue weighted by molar-refractivity contribution is -0.137. The average molecular weight is 228 g/mol. The summed E-state index contributed by atoms with van der Waals surface area (Å²) in [5, 5.41) is 8.62. The van der Waals surface area contributed by atoms with Crippen LogP contribution < -0.4 is 4.89 Å². The highest BCUT2D eigenvalue weighted by Crippen LogP contribution is 2.18. The number of para-hydroxylation sites is 1. The molecular weight excluding hydrogens is 216 g/mol. The highest BCUT2D eigenvalue weighted by Gasteiger charge is 2.01. The Morgan fingerprint density at radius 2 is 2.18 bits per heavy atom. The van der Waals surface area contributed by atoms with Crippen LogP contribution in [0.4, 0.5) is 0 Å². The summed E-state index contributed by atoms with van der Waals surface area (Å²) < 4.78 is 0. The molecule has 0 amide bonds. The van der Waals surface area contributed by atoms with Gasteiger partial charge in [0, 0.05) is 11.1 Å². The van der Waals surface area contributed by atoms with Crippen molar-refractivity contribution in [3.8, 4) is 18.1 Å². The molecule has 0 aliphatic rings. The average Bonchev–Trinajstić information content (AvgIpc) is 2.36. The fourth-order valence-corrected chi connectivity index (χ4v) is 1.19. The van der Waals surface area contributed by atoms with Gasteiger partial charge in [0.1, 0.15) is 0 Å². The van der Waals surface area contributed by atoms with Gasteiger partial charge >= 0.3 is 0 Å². The van der Waals surface area contributed by atoms with Gasteiger partial charge in [-0.1, -0.05) is 24.1 Å². The molecule has 0 radical (unpaired) electrons. The second kappa shape index (κ2) is 6.31. The molecule has 3 heteroatoms. The summed E-state index contributed by atoms with van der Waals surface area (Å²) in [5.41, 5.74) is 1.09. The molecule has 86 valence electrons. The lowest BCUT2D eigenvalue weighted by Gasteiger charge is -2.00. The molecule has 0 heterocycles. The van der Waals surface area contributed by atoms with Crippen LogP contribution >= 0.6 is 0 Å². The lowest BCUT2D eigenvalue weighted by atomic mass is 10.1. The molecule has 0 saturated carbocycles. The van der Waals surface area contributed by atoms with Crippen LogP contribution in [0.2, 0.25) is 0 Å². The van der Waals surface area contributed by atoms with E-state index in [2.05, 4.69) is 10.8 Å². The topological polar surface area (TPSA) is 46.5 Å². The Labute approximate surface area is 100.0 Å². The van der Waals surface area contributed by atoms with Gasteiger partial charge in [-0.2, -0.15) is 0 Å². The Kier molecular flexibility index (Phi) is 4.74. The van der Waals surface area contributed by atoms with Crippen molar-refractivity contribution < 1.29 is 14.9 Å². The summed E-state index contributed by atoms with van der Waals surface area (Å²) in [5.74, 6) is 2.39. The monoisotopic (exact) mass is 228 g/mol. The fourth-order valence-electron chi connectivity index (χ4n) is 1.19. The van der Waals surface area contributed by atoms with Crippen LogP contribution in [0.5, 0.6) is 5.75 Å². The van der Waals surface area contributed by atoms with E-state index >= 15 is 0 Å². The van der Waals surface area contributed by atoms with Crippen molar-refractivity contribution >= 4 is 11.9 Å². The van der Waals surface area contributed by atoms with Crippen molar-refractivity contribution in [2.75, 3.05) is 0 Å². The van der Waals surface area contributed by atoms with Gasteiger partial charge in [-0.25, -0.2) is 5.26 Å². The number of ketones is 1. The second-order valence-electron chi connectivity index (χ2n) is 3.32. The number of carbonyl (C=O) groups excluding carboxylic acids is 1. The molecule has 1 aromatic rings. The van der Waals surface area contributed by atoms with E-state index in [1.54, 1.807) is 37.3 Å². The molecular formula is C14H12O3. The largest absolute Gasteiger partial charge is 0.340 e. The molecule has 17 heavy (non-hydrogen) atoms. The van der Waals surface area contributed by atoms with Crippen LogP contribution in [-0.2, 0) is 4.79 Å². The van der Waals surface area contributed by atoms with Crippen molar-refractivity contribution in [2.24, 2.45) is 0 Å². The van der Waals surface area contributed by atoms with E-state index < -0.39 is 0 Å². The van der Waals surface area contributed by atoms with Crippen LogP contribution in [0.1, 0.15) is 12.5 Å². The zero-order valence-corrected chi connectivity index (χ0v) is 9.38. The molecule has 0 unspecified atom stereocenters. The number of rotatable bonds is 4. The van der Waals surface area contributed by atoms with Gasteiger partial charge < -0.3 is 4.89 Å². The zero-order chi connectivity index (χ0) is 12.7. The van der Waals surface area contributed by atoms with Crippen LogP contribution in [0.25, 0.3) is 6.08 Å².